The summed E-state index contributed by atoms with van der Waals surface area (Å²) in [6.07, 6.45) is 8.88. The Morgan fingerprint density at radius 3 is 2.71 bits per heavy atom. The molecule has 2 rings (SSSR count). The van der Waals surface area contributed by atoms with E-state index in [4.69, 9.17) is 0 Å². The minimum Gasteiger partial charge on any atom is -0.312 e. The summed E-state index contributed by atoms with van der Waals surface area (Å²) in [5, 5.41) is 3.75. The Morgan fingerprint density at radius 2 is 2.05 bits per heavy atom. The minimum atomic E-state index is 0.393. The normalized spacial score (nSPS) is 25.2. The highest BCUT2D eigenvalue weighted by Crippen LogP contribution is 2.37. The van der Waals surface area contributed by atoms with Crippen LogP contribution in [0.25, 0.3) is 0 Å². The lowest BCUT2D eigenvalue weighted by molar-refractivity contribution is 0.0643. The molecule has 21 heavy (non-hydrogen) atoms. The Bertz CT molecular complexity index is 416. The molecule has 2 unspecified atom stereocenters. The van der Waals surface area contributed by atoms with Gasteiger partial charge in [0.1, 0.15) is 0 Å². The summed E-state index contributed by atoms with van der Waals surface area (Å²) in [5.41, 5.74) is 1.77. The molecule has 3 heteroatoms. The molecule has 2 atom stereocenters. The van der Waals surface area contributed by atoms with Gasteiger partial charge < -0.3 is 10.2 Å². The number of likely N-dealkylation sites (N-methyl/N-ethyl adjacent to an activating group) is 2. The Morgan fingerprint density at radius 1 is 1.33 bits per heavy atom. The van der Waals surface area contributed by atoms with Crippen molar-refractivity contribution in [3.05, 3.63) is 30.1 Å². The third kappa shape index (κ3) is 4.27. The van der Waals surface area contributed by atoms with Crippen LogP contribution in [0.15, 0.2) is 24.5 Å². The molecule has 1 aromatic rings. The molecule has 0 saturated heterocycles. The summed E-state index contributed by atoms with van der Waals surface area (Å²) >= 11 is 0. The number of rotatable bonds is 6. The van der Waals surface area contributed by atoms with Crippen LogP contribution >= 0.6 is 0 Å². The van der Waals surface area contributed by atoms with Crippen LogP contribution in [0.4, 0.5) is 0 Å². The highest BCUT2D eigenvalue weighted by atomic mass is 15.2. The van der Waals surface area contributed by atoms with E-state index in [1.165, 1.54) is 24.8 Å². The molecule has 0 bridgehead atoms. The van der Waals surface area contributed by atoms with Crippen molar-refractivity contribution < 1.29 is 0 Å². The summed E-state index contributed by atoms with van der Waals surface area (Å²) in [7, 11) is 2.29. The first-order chi connectivity index (χ1) is 10.0. The molecule has 3 nitrogen and oxygen atoms in total. The van der Waals surface area contributed by atoms with E-state index in [9.17, 15) is 0 Å². The van der Waals surface area contributed by atoms with Gasteiger partial charge in [0.2, 0.25) is 0 Å². The van der Waals surface area contributed by atoms with E-state index in [1.807, 2.05) is 12.4 Å². The van der Waals surface area contributed by atoms with Gasteiger partial charge in [-0.25, -0.2) is 0 Å². The molecule has 1 heterocycles. The second-order valence-electron chi connectivity index (χ2n) is 7.07. The van der Waals surface area contributed by atoms with E-state index in [1.54, 1.807) is 0 Å². The predicted molar refractivity (Wildman–Crippen MR) is 89.5 cm³/mol. The second-order valence-corrected chi connectivity index (χ2v) is 7.07. The van der Waals surface area contributed by atoms with Gasteiger partial charge in [0.05, 0.1) is 0 Å². The molecule has 118 valence electrons. The van der Waals surface area contributed by atoms with Gasteiger partial charge in [-0.2, -0.15) is 0 Å². The molecule has 1 N–H and O–H groups in total. The van der Waals surface area contributed by atoms with Crippen molar-refractivity contribution in [3.63, 3.8) is 0 Å². The number of hydrogen-bond acceptors (Lipinski definition) is 3. The Labute approximate surface area is 130 Å². The summed E-state index contributed by atoms with van der Waals surface area (Å²) in [4.78, 5) is 6.66. The molecule has 0 spiro atoms. The van der Waals surface area contributed by atoms with E-state index < -0.39 is 0 Å². The predicted octanol–water partition coefficient (Wildman–Crippen LogP) is 3.11. The van der Waals surface area contributed by atoms with Crippen molar-refractivity contribution in [3.8, 4) is 0 Å². The fourth-order valence-corrected chi connectivity index (χ4v) is 3.74. The lowest BCUT2D eigenvalue weighted by Crippen LogP contribution is -2.58. The monoisotopic (exact) mass is 289 g/mol. The number of aromatic nitrogens is 1. The van der Waals surface area contributed by atoms with Crippen molar-refractivity contribution >= 4 is 0 Å². The fraction of sp³-hybridized carbons (Fsp3) is 0.722. The van der Waals surface area contributed by atoms with E-state index in [0.717, 1.165) is 19.5 Å². The third-order valence-electron chi connectivity index (χ3n) is 5.04. The number of nitrogens with zero attached hydrogens (tertiary/aromatic N) is 2. The average Bonchev–Trinajstić information content (AvgIpc) is 2.48. The van der Waals surface area contributed by atoms with Gasteiger partial charge in [-0.05, 0) is 56.0 Å². The largest absolute Gasteiger partial charge is 0.312 e. The standard InChI is InChI=1S/C18H31N3/c1-5-20-17-16(7-6-11-18(17,2)3)21(4)14-10-15-8-12-19-13-9-15/h8-9,12-13,16-17,20H,5-7,10-11,14H2,1-4H3. The zero-order valence-corrected chi connectivity index (χ0v) is 14.1. The number of pyridine rings is 1. The van der Waals surface area contributed by atoms with Crippen LogP contribution in [-0.2, 0) is 6.42 Å². The summed E-state index contributed by atoms with van der Waals surface area (Å²) in [5.74, 6) is 0. The first-order valence-electron chi connectivity index (χ1n) is 8.37. The minimum absolute atomic E-state index is 0.393. The first kappa shape index (κ1) is 16.4. The van der Waals surface area contributed by atoms with Crippen LogP contribution < -0.4 is 5.32 Å². The van der Waals surface area contributed by atoms with Crippen LogP contribution in [0.3, 0.4) is 0 Å². The summed E-state index contributed by atoms with van der Waals surface area (Å²) < 4.78 is 0. The molecule has 0 amide bonds. The molecule has 1 saturated carbocycles. The Hall–Kier alpha value is -0.930. The summed E-state index contributed by atoms with van der Waals surface area (Å²) in [6.45, 7) is 9.24. The van der Waals surface area contributed by atoms with Gasteiger partial charge in [0.15, 0.2) is 0 Å². The number of nitrogens with one attached hydrogen (secondary N) is 1. The Kier molecular flexibility index (Phi) is 5.77. The molecular formula is C18H31N3. The smallest absolute Gasteiger partial charge is 0.0274 e. The molecule has 1 aromatic heterocycles. The SMILES string of the molecule is CCNC1C(N(C)CCc2ccncc2)CCCC1(C)C. The van der Waals surface area contributed by atoms with Gasteiger partial charge in [0, 0.05) is 31.0 Å². The average molecular weight is 289 g/mol. The first-order valence-corrected chi connectivity index (χ1v) is 8.37. The van der Waals surface area contributed by atoms with Gasteiger partial charge in [0.25, 0.3) is 0 Å². The molecular weight excluding hydrogens is 258 g/mol. The van der Waals surface area contributed by atoms with Crippen LogP contribution in [0.1, 0.15) is 45.6 Å². The van der Waals surface area contributed by atoms with E-state index >= 15 is 0 Å². The maximum Gasteiger partial charge on any atom is 0.0274 e. The molecule has 1 aliphatic rings. The molecule has 0 aliphatic heterocycles. The van der Waals surface area contributed by atoms with Crippen molar-refractivity contribution in [2.24, 2.45) is 5.41 Å². The van der Waals surface area contributed by atoms with Gasteiger partial charge in [-0.1, -0.05) is 27.2 Å². The van der Waals surface area contributed by atoms with E-state index in [-0.39, 0.29) is 0 Å². The van der Waals surface area contributed by atoms with Crippen LogP contribution in [0.2, 0.25) is 0 Å². The Balaban J connectivity index is 1.97. The highest BCUT2D eigenvalue weighted by Gasteiger charge is 2.39. The van der Waals surface area contributed by atoms with Crippen LogP contribution in [0.5, 0.6) is 0 Å². The van der Waals surface area contributed by atoms with Gasteiger partial charge >= 0.3 is 0 Å². The molecule has 1 fully saturated rings. The molecule has 0 aromatic carbocycles. The van der Waals surface area contributed by atoms with E-state index in [2.05, 4.69) is 55.2 Å². The maximum atomic E-state index is 4.09. The van der Waals surface area contributed by atoms with Gasteiger partial charge in [-0.3, -0.25) is 4.98 Å². The number of hydrogen-bond donors (Lipinski definition) is 1. The third-order valence-corrected chi connectivity index (χ3v) is 5.04. The van der Waals surface area contributed by atoms with Gasteiger partial charge in [-0.15, -0.1) is 0 Å². The summed E-state index contributed by atoms with van der Waals surface area (Å²) in [6, 6.07) is 5.50. The second kappa shape index (κ2) is 7.37. The zero-order valence-electron chi connectivity index (χ0n) is 14.1. The van der Waals surface area contributed by atoms with E-state index in [0.29, 0.717) is 17.5 Å². The van der Waals surface area contributed by atoms with Crippen molar-refractivity contribution in [1.82, 2.24) is 15.2 Å². The molecule has 1 aliphatic carbocycles. The van der Waals surface area contributed by atoms with Crippen LogP contribution in [-0.4, -0.2) is 42.1 Å². The topological polar surface area (TPSA) is 28.2 Å². The maximum absolute atomic E-state index is 4.09. The quantitative estimate of drug-likeness (QED) is 0.872. The lowest BCUT2D eigenvalue weighted by Gasteiger charge is -2.48. The van der Waals surface area contributed by atoms with Crippen molar-refractivity contribution in [2.45, 2.75) is 58.5 Å². The van der Waals surface area contributed by atoms with Crippen molar-refractivity contribution in [2.75, 3.05) is 20.1 Å². The van der Waals surface area contributed by atoms with Crippen molar-refractivity contribution in [1.29, 1.82) is 0 Å². The zero-order chi connectivity index (χ0) is 15.3. The molecule has 0 radical (unpaired) electrons. The fourth-order valence-electron chi connectivity index (χ4n) is 3.74. The highest BCUT2D eigenvalue weighted by molar-refractivity contribution is 5.10. The lowest BCUT2D eigenvalue weighted by atomic mass is 9.70. The van der Waals surface area contributed by atoms with Crippen LogP contribution in [0, 0.1) is 5.41 Å².